The summed E-state index contributed by atoms with van der Waals surface area (Å²) >= 11 is 0. The molecular formula is C27H24F6O3. The molecule has 36 heavy (non-hydrogen) atoms. The second-order valence-corrected chi connectivity index (χ2v) is 8.70. The van der Waals surface area contributed by atoms with Gasteiger partial charge in [-0.25, -0.2) is 13.2 Å². The molecule has 1 aliphatic carbocycles. The van der Waals surface area contributed by atoms with Crippen LogP contribution in [0.3, 0.4) is 0 Å². The minimum absolute atomic E-state index is 0.133. The Morgan fingerprint density at radius 2 is 1.14 bits per heavy atom. The van der Waals surface area contributed by atoms with E-state index in [1.807, 2.05) is 0 Å². The molecule has 0 aromatic heterocycles. The van der Waals surface area contributed by atoms with Crippen LogP contribution in [-0.2, 0) is 6.61 Å². The van der Waals surface area contributed by atoms with Gasteiger partial charge in [-0.05, 0) is 79.8 Å². The third-order valence-corrected chi connectivity index (χ3v) is 6.59. The van der Waals surface area contributed by atoms with Crippen molar-refractivity contribution in [1.82, 2.24) is 0 Å². The molecular weight excluding hydrogens is 486 g/mol. The van der Waals surface area contributed by atoms with E-state index in [0.29, 0.717) is 25.7 Å². The van der Waals surface area contributed by atoms with E-state index in [9.17, 15) is 31.4 Å². The van der Waals surface area contributed by atoms with Gasteiger partial charge < -0.3 is 14.6 Å². The molecule has 3 nitrogen and oxygen atoms in total. The summed E-state index contributed by atoms with van der Waals surface area (Å²) in [7, 11) is 0. The number of hydrogen-bond donors (Lipinski definition) is 1. The topological polar surface area (TPSA) is 38.7 Å². The second kappa shape index (κ2) is 10.7. The number of rotatable bonds is 7. The number of phenolic OH excluding ortho intramolecular Hbond substituents is 1. The average molecular weight is 510 g/mol. The van der Waals surface area contributed by atoms with Crippen molar-refractivity contribution < 1.29 is 40.9 Å². The first-order valence-corrected chi connectivity index (χ1v) is 11.6. The Labute approximate surface area is 204 Å². The van der Waals surface area contributed by atoms with E-state index < -0.39 is 53.0 Å². The molecule has 0 bridgehead atoms. The number of ether oxygens (including phenoxy) is 2. The van der Waals surface area contributed by atoms with Crippen LogP contribution in [-0.4, -0.2) is 11.7 Å². The van der Waals surface area contributed by atoms with Crippen LogP contribution in [0.4, 0.5) is 26.3 Å². The molecule has 1 aliphatic rings. The van der Waals surface area contributed by atoms with Crippen molar-refractivity contribution in [3.63, 3.8) is 0 Å². The molecule has 0 amide bonds. The van der Waals surface area contributed by atoms with Crippen LogP contribution in [0.15, 0.2) is 36.4 Å². The number of phenols is 1. The van der Waals surface area contributed by atoms with E-state index in [1.54, 1.807) is 6.92 Å². The Kier molecular flexibility index (Phi) is 7.66. The highest BCUT2D eigenvalue weighted by atomic mass is 19.2. The van der Waals surface area contributed by atoms with Crippen molar-refractivity contribution in [3.05, 3.63) is 88.0 Å². The Hall–Kier alpha value is -3.36. The minimum Gasteiger partial charge on any atom is -0.505 e. The van der Waals surface area contributed by atoms with Crippen LogP contribution < -0.4 is 9.47 Å². The van der Waals surface area contributed by atoms with Crippen molar-refractivity contribution >= 4 is 0 Å². The Bertz CT molecular complexity index is 1250. The van der Waals surface area contributed by atoms with E-state index in [4.69, 9.17) is 9.47 Å². The van der Waals surface area contributed by atoms with E-state index in [0.717, 1.165) is 6.07 Å². The molecule has 3 aromatic carbocycles. The zero-order chi connectivity index (χ0) is 26.0. The van der Waals surface area contributed by atoms with Gasteiger partial charge in [-0.3, -0.25) is 0 Å². The van der Waals surface area contributed by atoms with Crippen LogP contribution in [0.5, 0.6) is 17.2 Å². The van der Waals surface area contributed by atoms with Crippen LogP contribution in [0.25, 0.3) is 0 Å². The summed E-state index contributed by atoms with van der Waals surface area (Å²) in [5.74, 6) is -9.24. The molecule has 0 unspecified atom stereocenters. The second-order valence-electron chi connectivity index (χ2n) is 8.70. The largest absolute Gasteiger partial charge is 0.505 e. The Morgan fingerprint density at radius 1 is 0.639 bits per heavy atom. The van der Waals surface area contributed by atoms with Crippen LogP contribution in [0.1, 0.15) is 61.1 Å². The lowest BCUT2D eigenvalue weighted by Crippen LogP contribution is -2.15. The molecule has 1 saturated carbocycles. The Morgan fingerprint density at radius 3 is 1.75 bits per heavy atom. The van der Waals surface area contributed by atoms with Crippen molar-refractivity contribution in [2.45, 2.75) is 51.0 Å². The summed E-state index contributed by atoms with van der Waals surface area (Å²) in [6.45, 7) is 1.25. The predicted molar refractivity (Wildman–Crippen MR) is 120 cm³/mol. The van der Waals surface area contributed by atoms with Crippen LogP contribution in [0.2, 0.25) is 0 Å². The van der Waals surface area contributed by atoms with Gasteiger partial charge in [-0.2, -0.15) is 13.2 Å². The lowest BCUT2D eigenvalue weighted by molar-refractivity contribution is 0.272. The predicted octanol–water partition coefficient (Wildman–Crippen LogP) is 7.65. The minimum atomic E-state index is -1.30. The SMILES string of the molecule is CCOc1ccc(COc2ccc(C3CCC(c4ccc(O)c(F)c4F)CC3)c(F)c2F)c(F)c1F. The van der Waals surface area contributed by atoms with Crippen molar-refractivity contribution in [2.75, 3.05) is 6.61 Å². The Balaban J connectivity index is 1.43. The summed E-state index contributed by atoms with van der Waals surface area (Å²) in [6.07, 6.45) is 1.68. The highest BCUT2D eigenvalue weighted by Crippen LogP contribution is 2.43. The molecule has 0 radical (unpaired) electrons. The van der Waals surface area contributed by atoms with Gasteiger partial charge in [-0.1, -0.05) is 12.1 Å². The quantitative estimate of drug-likeness (QED) is 0.332. The summed E-state index contributed by atoms with van der Waals surface area (Å²) in [6, 6.07) is 7.53. The van der Waals surface area contributed by atoms with Gasteiger partial charge in [0.05, 0.1) is 6.61 Å². The molecule has 0 spiro atoms. The maximum atomic E-state index is 14.9. The first-order valence-electron chi connectivity index (χ1n) is 11.6. The number of aromatic hydroxyl groups is 1. The number of hydrogen-bond acceptors (Lipinski definition) is 3. The number of benzene rings is 3. The summed E-state index contributed by atoms with van der Waals surface area (Å²) in [4.78, 5) is 0. The zero-order valence-corrected chi connectivity index (χ0v) is 19.4. The fraction of sp³-hybridized carbons (Fsp3) is 0.333. The van der Waals surface area contributed by atoms with Crippen molar-refractivity contribution in [2.24, 2.45) is 0 Å². The summed E-state index contributed by atoms with van der Waals surface area (Å²) < 4.78 is 96.0. The lowest BCUT2D eigenvalue weighted by Gasteiger charge is -2.29. The van der Waals surface area contributed by atoms with Gasteiger partial charge in [0.2, 0.25) is 17.5 Å². The summed E-state index contributed by atoms with van der Waals surface area (Å²) in [5, 5.41) is 9.31. The van der Waals surface area contributed by atoms with E-state index in [2.05, 4.69) is 0 Å². The maximum Gasteiger partial charge on any atom is 0.201 e. The van der Waals surface area contributed by atoms with E-state index >= 15 is 0 Å². The van der Waals surface area contributed by atoms with E-state index in [1.165, 1.54) is 30.3 Å². The molecule has 0 atom stereocenters. The standard InChI is InChI=1S/C27H24F6O3/c1-2-35-20-11-7-16(22(28)26(20)32)13-36-21-12-9-18(24(30)27(21)33)15-5-3-14(4-6-15)17-8-10-19(34)25(31)23(17)29/h7-12,14-15,34H,2-6,13H2,1H3. The highest BCUT2D eigenvalue weighted by Gasteiger charge is 2.29. The maximum absolute atomic E-state index is 14.9. The number of halogens is 6. The first-order chi connectivity index (χ1) is 17.2. The monoisotopic (exact) mass is 510 g/mol. The van der Waals surface area contributed by atoms with Crippen LogP contribution >= 0.6 is 0 Å². The molecule has 1 fully saturated rings. The average Bonchev–Trinajstić information content (AvgIpc) is 2.88. The van der Waals surface area contributed by atoms with Gasteiger partial charge in [0.25, 0.3) is 0 Å². The van der Waals surface area contributed by atoms with Gasteiger partial charge in [0, 0.05) is 5.56 Å². The molecule has 0 saturated heterocycles. The fourth-order valence-corrected chi connectivity index (χ4v) is 4.66. The molecule has 9 heteroatoms. The summed E-state index contributed by atoms with van der Waals surface area (Å²) in [5.41, 5.74) is 0.0992. The van der Waals surface area contributed by atoms with Gasteiger partial charge in [0.1, 0.15) is 6.61 Å². The molecule has 0 aliphatic heterocycles. The molecule has 0 heterocycles. The van der Waals surface area contributed by atoms with Gasteiger partial charge in [-0.15, -0.1) is 0 Å². The molecule has 192 valence electrons. The molecule has 3 aromatic rings. The zero-order valence-electron chi connectivity index (χ0n) is 19.4. The normalized spacial score (nSPS) is 17.8. The third kappa shape index (κ3) is 4.96. The van der Waals surface area contributed by atoms with Crippen molar-refractivity contribution in [3.8, 4) is 17.2 Å². The molecule has 4 rings (SSSR count). The third-order valence-electron chi connectivity index (χ3n) is 6.59. The lowest BCUT2D eigenvalue weighted by atomic mass is 9.76. The smallest absolute Gasteiger partial charge is 0.201 e. The van der Waals surface area contributed by atoms with Gasteiger partial charge >= 0.3 is 0 Å². The fourth-order valence-electron chi connectivity index (χ4n) is 4.66. The highest BCUT2D eigenvalue weighted by molar-refractivity contribution is 5.36. The van der Waals surface area contributed by atoms with Gasteiger partial charge in [0.15, 0.2) is 34.7 Å². The van der Waals surface area contributed by atoms with E-state index in [-0.39, 0.29) is 40.9 Å². The first kappa shape index (κ1) is 25.7. The van der Waals surface area contributed by atoms with Crippen LogP contribution in [0, 0.1) is 34.9 Å². The molecule has 1 N–H and O–H groups in total. The van der Waals surface area contributed by atoms with Crippen molar-refractivity contribution in [1.29, 1.82) is 0 Å².